The Balaban J connectivity index is 1.94. The maximum Gasteiger partial charge on any atom is 0.328 e. The van der Waals surface area contributed by atoms with Crippen LogP contribution in [0.3, 0.4) is 0 Å². The molecular formula is C21H24N2O4S. The van der Waals surface area contributed by atoms with Gasteiger partial charge in [0, 0.05) is 18.3 Å². The highest BCUT2D eigenvalue weighted by Gasteiger charge is 2.41. The zero-order chi connectivity index (χ0) is 20.8. The van der Waals surface area contributed by atoms with Gasteiger partial charge in [0.25, 0.3) is 11.1 Å². The molecule has 0 N–H and O–H groups in total. The molecule has 2 aliphatic rings. The van der Waals surface area contributed by atoms with Gasteiger partial charge >= 0.3 is 5.97 Å². The second-order valence-corrected chi connectivity index (χ2v) is 8.56. The van der Waals surface area contributed by atoms with Crippen molar-refractivity contribution >= 4 is 46.2 Å². The molecule has 6 nitrogen and oxygen atoms in total. The first-order valence-corrected chi connectivity index (χ1v) is 9.81. The number of imide groups is 1. The fourth-order valence-electron chi connectivity index (χ4n) is 3.51. The van der Waals surface area contributed by atoms with Crippen molar-refractivity contribution in [1.82, 2.24) is 4.90 Å². The smallest absolute Gasteiger partial charge is 0.328 e. The van der Waals surface area contributed by atoms with Gasteiger partial charge in [-0.1, -0.05) is 12.1 Å². The molecule has 1 aromatic rings. The van der Waals surface area contributed by atoms with Gasteiger partial charge in [-0.15, -0.1) is 0 Å². The van der Waals surface area contributed by atoms with Gasteiger partial charge in [0.2, 0.25) is 0 Å². The molecule has 1 saturated heterocycles. The molecule has 0 unspecified atom stereocenters. The Morgan fingerprint density at radius 2 is 1.96 bits per heavy atom. The molecule has 3 rings (SSSR count). The maximum atomic E-state index is 12.7. The van der Waals surface area contributed by atoms with Gasteiger partial charge in [-0.3, -0.25) is 14.5 Å². The van der Waals surface area contributed by atoms with Gasteiger partial charge < -0.3 is 9.64 Å². The third-order valence-corrected chi connectivity index (χ3v) is 6.18. The molecule has 0 aliphatic carbocycles. The second kappa shape index (κ2) is 7.13. The summed E-state index contributed by atoms with van der Waals surface area (Å²) in [6.45, 7) is 7.87. The molecule has 148 valence electrons. The lowest BCUT2D eigenvalue weighted by Crippen LogP contribution is -2.42. The normalized spacial score (nSPS) is 20.9. The molecule has 0 radical (unpaired) electrons. The standard InChI is InChI=1S/C21H24N2O4S/c1-12-11-21(3,4)22(5)16-8-7-14(9-15(12)16)10-17-18(24)23(20(26)28-17)13(2)19(25)27-6/h7-11,13H,1-6H3/b17-10+/t13-/m1/s1. The van der Waals surface area contributed by atoms with E-state index in [1.165, 1.54) is 19.6 Å². The summed E-state index contributed by atoms with van der Waals surface area (Å²) in [5, 5.41) is -0.468. The Bertz CT molecular complexity index is 932. The Kier molecular flexibility index (Phi) is 5.14. The molecule has 1 atom stereocenters. The molecular weight excluding hydrogens is 376 g/mol. The van der Waals surface area contributed by atoms with Crippen LogP contribution in [0.1, 0.15) is 38.8 Å². The fraction of sp³-hybridized carbons (Fsp3) is 0.381. The molecule has 2 amide bonds. The average molecular weight is 401 g/mol. The number of carbonyl (C=O) groups excluding carboxylic acids is 3. The summed E-state index contributed by atoms with van der Waals surface area (Å²) < 4.78 is 4.65. The van der Waals surface area contributed by atoms with E-state index in [1.54, 1.807) is 6.08 Å². The van der Waals surface area contributed by atoms with Crippen molar-refractivity contribution in [2.24, 2.45) is 0 Å². The summed E-state index contributed by atoms with van der Waals surface area (Å²) in [6, 6.07) is 5.03. The summed E-state index contributed by atoms with van der Waals surface area (Å²) >= 11 is 0.837. The number of hydrogen-bond donors (Lipinski definition) is 0. The van der Waals surface area contributed by atoms with Crippen molar-refractivity contribution in [3.63, 3.8) is 0 Å². The predicted octanol–water partition coefficient (Wildman–Crippen LogP) is 3.92. The molecule has 2 aliphatic heterocycles. The minimum absolute atomic E-state index is 0.0781. The monoisotopic (exact) mass is 400 g/mol. The fourth-order valence-corrected chi connectivity index (χ4v) is 4.42. The van der Waals surface area contributed by atoms with E-state index in [4.69, 9.17) is 0 Å². The number of anilines is 1. The SMILES string of the molecule is COC(=O)[C@@H](C)N1C(=O)S/C(=C/c2ccc3c(c2)C(C)=CC(C)(C)N3C)C1=O. The number of fused-ring (bicyclic) bond motifs is 1. The maximum absolute atomic E-state index is 12.7. The van der Waals surface area contributed by atoms with Crippen LogP contribution in [-0.2, 0) is 14.3 Å². The lowest BCUT2D eigenvalue weighted by molar-refractivity contribution is -0.148. The minimum Gasteiger partial charge on any atom is -0.467 e. The van der Waals surface area contributed by atoms with E-state index >= 15 is 0 Å². The Morgan fingerprint density at radius 3 is 2.61 bits per heavy atom. The molecule has 0 saturated carbocycles. The Hall–Kier alpha value is -2.54. The second-order valence-electron chi connectivity index (χ2n) is 7.57. The Labute approximate surface area is 169 Å². The number of thioether (sulfide) groups is 1. The van der Waals surface area contributed by atoms with Crippen LogP contribution < -0.4 is 4.90 Å². The van der Waals surface area contributed by atoms with Gasteiger partial charge in [0.15, 0.2) is 0 Å². The summed E-state index contributed by atoms with van der Waals surface area (Å²) in [4.78, 5) is 40.1. The van der Waals surface area contributed by atoms with Gasteiger partial charge in [0.05, 0.1) is 17.6 Å². The number of amides is 2. The number of benzene rings is 1. The topological polar surface area (TPSA) is 66.9 Å². The third-order valence-electron chi connectivity index (χ3n) is 5.29. The van der Waals surface area contributed by atoms with E-state index < -0.39 is 23.2 Å². The number of rotatable bonds is 3. The summed E-state index contributed by atoms with van der Waals surface area (Å²) in [7, 11) is 3.29. The number of allylic oxidation sites excluding steroid dienone is 1. The lowest BCUT2D eigenvalue weighted by Gasteiger charge is -2.40. The van der Waals surface area contributed by atoms with E-state index in [9.17, 15) is 14.4 Å². The van der Waals surface area contributed by atoms with E-state index in [2.05, 4.69) is 43.5 Å². The Morgan fingerprint density at radius 1 is 1.29 bits per heavy atom. The van der Waals surface area contributed by atoms with Crippen LogP contribution in [0.25, 0.3) is 11.6 Å². The predicted molar refractivity (Wildman–Crippen MR) is 112 cm³/mol. The number of carbonyl (C=O) groups is 3. The number of hydrogen-bond acceptors (Lipinski definition) is 6. The highest BCUT2D eigenvalue weighted by Crippen LogP contribution is 2.39. The van der Waals surface area contributed by atoms with Gasteiger partial charge in [0.1, 0.15) is 6.04 Å². The van der Waals surface area contributed by atoms with Gasteiger partial charge in [-0.25, -0.2) is 4.79 Å². The average Bonchev–Trinajstić information content (AvgIpc) is 2.91. The molecule has 1 fully saturated rings. The van der Waals surface area contributed by atoms with Crippen molar-refractivity contribution in [3.8, 4) is 0 Å². The first-order chi connectivity index (χ1) is 13.1. The third kappa shape index (κ3) is 3.35. The first kappa shape index (κ1) is 20.2. The lowest BCUT2D eigenvalue weighted by atomic mass is 9.88. The van der Waals surface area contributed by atoms with Crippen molar-refractivity contribution in [2.75, 3.05) is 19.1 Å². The van der Waals surface area contributed by atoms with Crippen LogP contribution in [0.4, 0.5) is 10.5 Å². The van der Waals surface area contributed by atoms with Crippen LogP contribution >= 0.6 is 11.8 Å². The zero-order valence-corrected chi connectivity index (χ0v) is 17.7. The molecule has 7 heteroatoms. The van der Waals surface area contributed by atoms with Crippen LogP contribution in [0.15, 0.2) is 29.2 Å². The number of likely N-dealkylation sites (N-methyl/N-ethyl adjacent to an activating group) is 1. The zero-order valence-electron chi connectivity index (χ0n) is 16.9. The number of ether oxygens (including phenoxy) is 1. The van der Waals surface area contributed by atoms with Gasteiger partial charge in [-0.05, 0) is 68.8 Å². The molecule has 0 spiro atoms. The van der Waals surface area contributed by atoms with E-state index in [0.717, 1.165) is 33.5 Å². The first-order valence-electron chi connectivity index (χ1n) is 8.99. The molecule has 28 heavy (non-hydrogen) atoms. The quantitative estimate of drug-likeness (QED) is 0.566. The van der Waals surface area contributed by atoms with Crippen LogP contribution in [0, 0.1) is 0 Å². The van der Waals surface area contributed by atoms with Crippen LogP contribution in [-0.4, -0.2) is 47.8 Å². The van der Waals surface area contributed by atoms with Crippen molar-refractivity contribution in [1.29, 1.82) is 0 Å². The molecule has 2 heterocycles. The van der Waals surface area contributed by atoms with Crippen LogP contribution in [0.5, 0.6) is 0 Å². The molecule has 0 aromatic heterocycles. The van der Waals surface area contributed by atoms with Crippen molar-refractivity contribution in [2.45, 2.75) is 39.3 Å². The minimum atomic E-state index is -0.951. The number of nitrogens with zero attached hydrogens (tertiary/aromatic N) is 2. The van der Waals surface area contributed by atoms with Crippen LogP contribution in [0.2, 0.25) is 0 Å². The van der Waals surface area contributed by atoms with E-state index in [0.29, 0.717) is 4.91 Å². The number of methoxy groups -OCH3 is 1. The summed E-state index contributed by atoms with van der Waals surface area (Å²) in [5.41, 5.74) is 4.13. The highest BCUT2D eigenvalue weighted by atomic mass is 32.2. The van der Waals surface area contributed by atoms with Gasteiger partial charge in [-0.2, -0.15) is 0 Å². The largest absolute Gasteiger partial charge is 0.467 e. The molecule has 0 bridgehead atoms. The van der Waals surface area contributed by atoms with Crippen molar-refractivity contribution in [3.05, 3.63) is 40.3 Å². The summed E-state index contributed by atoms with van der Waals surface area (Å²) in [6.07, 6.45) is 3.91. The van der Waals surface area contributed by atoms with Crippen molar-refractivity contribution < 1.29 is 19.1 Å². The van der Waals surface area contributed by atoms with E-state index in [1.807, 2.05) is 18.2 Å². The summed E-state index contributed by atoms with van der Waals surface area (Å²) in [5.74, 6) is -1.10. The number of esters is 1. The highest BCUT2D eigenvalue weighted by molar-refractivity contribution is 8.18. The van der Waals surface area contributed by atoms with E-state index in [-0.39, 0.29) is 5.54 Å². The molecule has 1 aromatic carbocycles.